The zero-order valence-electron chi connectivity index (χ0n) is 17.9. The Morgan fingerprint density at radius 3 is 2.48 bits per heavy atom. The van der Waals surface area contributed by atoms with Crippen LogP contribution in [0, 0.1) is 35.8 Å². The van der Waals surface area contributed by atoms with Crippen LogP contribution in [0.4, 0.5) is 8.78 Å². The largest absolute Gasteiger partial charge is 0.508 e. The second-order valence-corrected chi connectivity index (χ2v) is 8.23. The minimum Gasteiger partial charge on any atom is -0.508 e. The van der Waals surface area contributed by atoms with Gasteiger partial charge in [-0.3, -0.25) is 4.79 Å². The molecule has 1 aliphatic rings. The molecule has 1 unspecified atom stereocenters. The minimum absolute atomic E-state index is 0.00606. The number of nitrogens with zero attached hydrogens (tertiary/aromatic N) is 1. The summed E-state index contributed by atoms with van der Waals surface area (Å²) >= 11 is 0. The zero-order chi connectivity index (χ0) is 23.6. The first-order chi connectivity index (χ1) is 15.8. The molecule has 1 aromatic heterocycles. The van der Waals surface area contributed by atoms with Crippen LogP contribution in [-0.4, -0.2) is 27.7 Å². The third-order valence-electron chi connectivity index (χ3n) is 5.59. The van der Waals surface area contributed by atoms with E-state index in [1.54, 1.807) is 13.0 Å². The number of benzene rings is 2. The maximum Gasteiger partial charge on any atom is 0.270 e. The Kier molecular flexibility index (Phi) is 6.12. The average Bonchev–Trinajstić information content (AvgIpc) is 3.59. The SMILES string of the molecule is Cc1cc(C#CC2(CO)CC2)cc(C(=O)NC(c2ccc(F)cc2)c2cc(F)ccc2O)n1. The van der Waals surface area contributed by atoms with E-state index in [1.807, 2.05) is 0 Å². The molecule has 2 aromatic carbocycles. The van der Waals surface area contributed by atoms with Gasteiger partial charge in [0.05, 0.1) is 18.1 Å². The van der Waals surface area contributed by atoms with Crippen molar-refractivity contribution in [2.24, 2.45) is 5.41 Å². The highest BCUT2D eigenvalue weighted by molar-refractivity contribution is 5.93. The molecule has 1 atom stereocenters. The van der Waals surface area contributed by atoms with Crippen molar-refractivity contribution in [3.63, 3.8) is 0 Å². The normalized spacial score (nSPS) is 14.7. The minimum atomic E-state index is -0.949. The highest BCUT2D eigenvalue weighted by Crippen LogP contribution is 2.44. The number of rotatable bonds is 5. The van der Waals surface area contributed by atoms with Gasteiger partial charge in [-0.05, 0) is 67.8 Å². The molecule has 1 fully saturated rings. The number of pyridine rings is 1. The number of hydrogen-bond donors (Lipinski definition) is 3. The molecule has 7 heteroatoms. The number of aryl methyl sites for hydroxylation is 1. The molecule has 3 N–H and O–H groups in total. The number of hydrogen-bond acceptors (Lipinski definition) is 4. The van der Waals surface area contributed by atoms with Crippen molar-refractivity contribution >= 4 is 5.91 Å². The van der Waals surface area contributed by atoms with Crippen LogP contribution in [0.1, 0.15) is 51.8 Å². The summed E-state index contributed by atoms with van der Waals surface area (Å²) in [6, 6.07) is 11.1. The van der Waals surface area contributed by atoms with E-state index in [2.05, 4.69) is 22.1 Å². The molecular weight excluding hydrogens is 426 g/mol. The molecule has 5 nitrogen and oxygen atoms in total. The number of halogens is 2. The molecule has 3 aromatic rings. The summed E-state index contributed by atoms with van der Waals surface area (Å²) in [5, 5.41) is 22.5. The molecule has 1 heterocycles. The fourth-order valence-corrected chi connectivity index (χ4v) is 3.49. The van der Waals surface area contributed by atoms with Gasteiger partial charge in [0.15, 0.2) is 0 Å². The van der Waals surface area contributed by atoms with Gasteiger partial charge in [0.25, 0.3) is 5.91 Å². The fourth-order valence-electron chi connectivity index (χ4n) is 3.49. The van der Waals surface area contributed by atoms with E-state index in [1.165, 1.54) is 36.4 Å². The van der Waals surface area contributed by atoms with Gasteiger partial charge in [-0.15, -0.1) is 0 Å². The van der Waals surface area contributed by atoms with Crippen LogP contribution in [-0.2, 0) is 0 Å². The number of phenols is 1. The lowest BCUT2D eigenvalue weighted by molar-refractivity contribution is 0.0937. The molecule has 4 rings (SSSR count). The van der Waals surface area contributed by atoms with Crippen LogP contribution in [0.25, 0.3) is 0 Å². The Morgan fingerprint density at radius 2 is 1.82 bits per heavy atom. The van der Waals surface area contributed by atoms with Gasteiger partial charge >= 0.3 is 0 Å². The van der Waals surface area contributed by atoms with Crippen molar-refractivity contribution in [2.75, 3.05) is 6.61 Å². The van der Waals surface area contributed by atoms with Crippen LogP contribution in [0.15, 0.2) is 54.6 Å². The monoisotopic (exact) mass is 448 g/mol. The van der Waals surface area contributed by atoms with Crippen molar-refractivity contribution < 1.29 is 23.8 Å². The van der Waals surface area contributed by atoms with E-state index in [-0.39, 0.29) is 29.0 Å². The number of phenolic OH excluding ortho intramolecular Hbond substituents is 1. The van der Waals surface area contributed by atoms with Crippen molar-refractivity contribution in [3.8, 4) is 17.6 Å². The van der Waals surface area contributed by atoms with E-state index in [4.69, 9.17) is 0 Å². The summed E-state index contributed by atoms with van der Waals surface area (Å²) in [7, 11) is 0. The molecule has 1 amide bonds. The summed E-state index contributed by atoms with van der Waals surface area (Å²) in [5.41, 5.74) is 1.48. The summed E-state index contributed by atoms with van der Waals surface area (Å²) < 4.78 is 27.4. The first-order valence-electron chi connectivity index (χ1n) is 10.5. The fraction of sp³-hybridized carbons (Fsp3) is 0.231. The number of aromatic hydroxyl groups is 1. The second-order valence-electron chi connectivity index (χ2n) is 8.23. The molecule has 0 aliphatic heterocycles. The average molecular weight is 448 g/mol. The van der Waals surface area contributed by atoms with E-state index in [0.29, 0.717) is 16.8 Å². The van der Waals surface area contributed by atoms with Gasteiger partial charge in [0.2, 0.25) is 0 Å². The Morgan fingerprint density at radius 1 is 1.12 bits per heavy atom. The Labute approximate surface area is 190 Å². The molecule has 1 aliphatic carbocycles. The summed E-state index contributed by atoms with van der Waals surface area (Å²) in [5.74, 6) is 4.25. The number of nitrogens with one attached hydrogen (secondary N) is 1. The predicted molar refractivity (Wildman–Crippen MR) is 118 cm³/mol. The third kappa shape index (κ3) is 5.18. The highest BCUT2D eigenvalue weighted by Gasteiger charge is 2.40. The number of aliphatic hydroxyl groups is 1. The number of amides is 1. The number of aromatic nitrogens is 1. The van der Waals surface area contributed by atoms with Gasteiger partial charge < -0.3 is 15.5 Å². The lowest BCUT2D eigenvalue weighted by atomic mass is 9.97. The van der Waals surface area contributed by atoms with E-state index in [9.17, 15) is 23.8 Å². The summed E-state index contributed by atoms with van der Waals surface area (Å²) in [4.78, 5) is 17.4. The van der Waals surface area contributed by atoms with Gasteiger partial charge in [-0.1, -0.05) is 24.0 Å². The number of carbonyl (C=O) groups excluding carboxylic acids is 1. The Bertz CT molecular complexity index is 1260. The van der Waals surface area contributed by atoms with Crippen molar-refractivity contribution in [2.45, 2.75) is 25.8 Å². The smallest absolute Gasteiger partial charge is 0.270 e. The molecule has 33 heavy (non-hydrogen) atoms. The molecular formula is C26H22F2N2O3. The predicted octanol–water partition coefficient (Wildman–Crippen LogP) is 4.02. The van der Waals surface area contributed by atoms with Gasteiger partial charge in [0.1, 0.15) is 23.1 Å². The first kappa shape index (κ1) is 22.4. The first-order valence-corrected chi connectivity index (χ1v) is 10.5. The van der Waals surface area contributed by atoms with E-state index in [0.717, 1.165) is 25.0 Å². The van der Waals surface area contributed by atoms with Gasteiger partial charge in [0, 0.05) is 16.8 Å². The molecule has 0 saturated heterocycles. The Hall–Kier alpha value is -3.76. The lowest BCUT2D eigenvalue weighted by Gasteiger charge is -2.21. The highest BCUT2D eigenvalue weighted by atomic mass is 19.1. The van der Waals surface area contributed by atoms with Gasteiger partial charge in [-0.25, -0.2) is 13.8 Å². The standard InChI is InChI=1S/C26H22F2N2O3/c1-16-12-17(8-9-26(15-31)10-11-26)13-22(29-16)25(33)30-24(18-2-4-19(27)5-3-18)21-14-20(28)6-7-23(21)32/h2-7,12-14,24,31-32H,10-11,15H2,1H3,(H,30,33). The van der Waals surface area contributed by atoms with Crippen LogP contribution in [0.2, 0.25) is 0 Å². The van der Waals surface area contributed by atoms with Crippen LogP contribution < -0.4 is 5.32 Å². The molecule has 1 saturated carbocycles. The van der Waals surface area contributed by atoms with E-state index < -0.39 is 23.6 Å². The summed E-state index contributed by atoms with van der Waals surface area (Å²) in [6.45, 7) is 1.73. The van der Waals surface area contributed by atoms with Crippen LogP contribution >= 0.6 is 0 Å². The Balaban J connectivity index is 1.67. The van der Waals surface area contributed by atoms with E-state index >= 15 is 0 Å². The van der Waals surface area contributed by atoms with Crippen LogP contribution in [0.5, 0.6) is 5.75 Å². The van der Waals surface area contributed by atoms with Crippen molar-refractivity contribution in [3.05, 3.63) is 94.3 Å². The second kappa shape index (κ2) is 9.00. The van der Waals surface area contributed by atoms with Crippen molar-refractivity contribution in [1.29, 1.82) is 0 Å². The molecule has 0 radical (unpaired) electrons. The maximum atomic E-state index is 13.9. The quantitative estimate of drug-likeness (QED) is 0.515. The summed E-state index contributed by atoms with van der Waals surface area (Å²) in [6.07, 6.45) is 1.68. The maximum absolute atomic E-state index is 13.9. The number of aliphatic hydroxyl groups excluding tert-OH is 1. The number of carbonyl (C=O) groups is 1. The van der Waals surface area contributed by atoms with Gasteiger partial charge in [-0.2, -0.15) is 0 Å². The third-order valence-corrected chi connectivity index (χ3v) is 5.59. The molecule has 0 bridgehead atoms. The van der Waals surface area contributed by atoms with Crippen molar-refractivity contribution in [1.82, 2.24) is 10.3 Å². The molecule has 0 spiro atoms. The lowest BCUT2D eigenvalue weighted by Crippen LogP contribution is -2.30. The molecule has 168 valence electrons. The zero-order valence-corrected chi connectivity index (χ0v) is 17.9. The topological polar surface area (TPSA) is 82.5 Å². The van der Waals surface area contributed by atoms with Crippen LogP contribution in [0.3, 0.4) is 0 Å².